The number of hydrogen-bond acceptors (Lipinski definition) is 5. The maximum absolute atomic E-state index is 12.6. The number of nitrogens with one attached hydrogen (secondary N) is 1. The van der Waals surface area contributed by atoms with Crippen molar-refractivity contribution in [3.63, 3.8) is 0 Å². The average molecular weight is 489 g/mol. The lowest BCUT2D eigenvalue weighted by Crippen LogP contribution is -2.40. The van der Waals surface area contributed by atoms with Gasteiger partial charge in [0.15, 0.2) is 0 Å². The highest BCUT2D eigenvalue weighted by Gasteiger charge is 2.26. The monoisotopic (exact) mass is 488 g/mol. The standard InChI is InChI=1S/C20H22Cl2N2O4S2/c21-18-6-1-15(13-19(18)22)14-29-12-7-23-20(25)16-2-4-17(5-3-16)30(26,27)24-8-10-28-11-9-24/h1-6,13H,7-12,14H2,(H,23,25). The van der Waals surface area contributed by atoms with Gasteiger partial charge in [-0.3, -0.25) is 4.79 Å². The van der Waals surface area contributed by atoms with Gasteiger partial charge in [0.2, 0.25) is 10.0 Å². The van der Waals surface area contributed by atoms with E-state index < -0.39 is 10.0 Å². The Bertz CT molecular complexity index is 979. The number of hydrogen-bond donors (Lipinski definition) is 1. The lowest BCUT2D eigenvalue weighted by atomic mass is 10.2. The van der Waals surface area contributed by atoms with Gasteiger partial charge in [-0.1, -0.05) is 29.3 Å². The molecular weight excluding hydrogens is 467 g/mol. The minimum atomic E-state index is -3.56. The van der Waals surface area contributed by atoms with Crippen molar-refractivity contribution in [2.45, 2.75) is 10.6 Å². The summed E-state index contributed by atoms with van der Waals surface area (Å²) in [4.78, 5) is 12.5. The average Bonchev–Trinajstić information content (AvgIpc) is 2.76. The molecule has 3 rings (SSSR count). The van der Waals surface area contributed by atoms with Crippen molar-refractivity contribution in [2.75, 3.05) is 38.6 Å². The Morgan fingerprint density at radius 3 is 2.43 bits per heavy atom. The van der Waals surface area contributed by atoms with Crippen molar-refractivity contribution in [3.8, 4) is 0 Å². The molecule has 162 valence electrons. The molecule has 0 saturated carbocycles. The van der Waals surface area contributed by atoms with Crippen LogP contribution in [0.2, 0.25) is 10.0 Å². The van der Waals surface area contributed by atoms with Crippen LogP contribution in [0.1, 0.15) is 15.9 Å². The van der Waals surface area contributed by atoms with E-state index in [4.69, 9.17) is 27.9 Å². The summed E-state index contributed by atoms with van der Waals surface area (Å²) in [7, 11) is -3.56. The summed E-state index contributed by atoms with van der Waals surface area (Å²) in [6.45, 7) is 1.96. The van der Waals surface area contributed by atoms with Gasteiger partial charge in [0, 0.05) is 36.7 Å². The Morgan fingerprint density at radius 1 is 1.07 bits per heavy atom. The summed E-state index contributed by atoms with van der Waals surface area (Å²) < 4.78 is 31.8. The van der Waals surface area contributed by atoms with Crippen molar-refractivity contribution >= 4 is 50.9 Å². The molecule has 0 bridgehead atoms. The van der Waals surface area contributed by atoms with Gasteiger partial charge in [0.1, 0.15) is 0 Å². The van der Waals surface area contributed by atoms with Crippen LogP contribution in [0.3, 0.4) is 0 Å². The summed E-state index contributed by atoms with van der Waals surface area (Å²) in [6, 6.07) is 11.5. The first-order chi connectivity index (χ1) is 14.4. The molecule has 0 unspecified atom stereocenters. The van der Waals surface area contributed by atoms with E-state index in [1.54, 1.807) is 17.8 Å². The molecule has 2 aromatic carbocycles. The van der Waals surface area contributed by atoms with Crippen LogP contribution in [-0.2, 0) is 20.5 Å². The van der Waals surface area contributed by atoms with E-state index in [0.717, 1.165) is 17.1 Å². The van der Waals surface area contributed by atoms with Gasteiger partial charge < -0.3 is 10.1 Å². The van der Waals surface area contributed by atoms with E-state index in [1.807, 2.05) is 12.1 Å². The lowest BCUT2D eigenvalue weighted by Gasteiger charge is -2.26. The van der Waals surface area contributed by atoms with E-state index in [1.165, 1.54) is 28.6 Å². The van der Waals surface area contributed by atoms with Crippen molar-refractivity contribution in [2.24, 2.45) is 0 Å². The summed E-state index contributed by atoms with van der Waals surface area (Å²) >= 11 is 13.6. The van der Waals surface area contributed by atoms with E-state index >= 15 is 0 Å². The second-order valence-corrected chi connectivity index (χ2v) is 10.5. The number of carbonyl (C=O) groups excluding carboxylic acids is 1. The van der Waals surface area contributed by atoms with Crippen molar-refractivity contribution in [3.05, 3.63) is 63.6 Å². The number of nitrogens with zero attached hydrogens (tertiary/aromatic N) is 1. The maximum Gasteiger partial charge on any atom is 0.251 e. The van der Waals surface area contributed by atoms with Crippen LogP contribution in [0.5, 0.6) is 0 Å². The summed E-state index contributed by atoms with van der Waals surface area (Å²) in [5.41, 5.74) is 1.49. The molecule has 2 aromatic rings. The molecule has 0 spiro atoms. The number of sulfonamides is 1. The molecule has 1 amide bonds. The molecule has 1 heterocycles. The number of morpholine rings is 1. The minimum Gasteiger partial charge on any atom is -0.379 e. The largest absolute Gasteiger partial charge is 0.379 e. The quantitative estimate of drug-likeness (QED) is 0.573. The number of ether oxygens (including phenoxy) is 1. The fourth-order valence-corrected chi connectivity index (χ4v) is 5.41. The third-order valence-electron chi connectivity index (χ3n) is 4.51. The van der Waals surface area contributed by atoms with Crippen LogP contribution < -0.4 is 5.32 Å². The second kappa shape index (κ2) is 10.8. The molecule has 30 heavy (non-hydrogen) atoms. The van der Waals surface area contributed by atoms with Crippen molar-refractivity contribution in [1.29, 1.82) is 0 Å². The molecule has 0 aliphatic carbocycles. The Labute approximate surface area is 190 Å². The molecule has 10 heteroatoms. The Hall–Kier alpha value is -1.29. The van der Waals surface area contributed by atoms with Gasteiger partial charge in [-0.05, 0) is 42.0 Å². The molecule has 6 nitrogen and oxygen atoms in total. The first-order valence-corrected chi connectivity index (χ1v) is 12.7. The number of carbonyl (C=O) groups is 1. The highest BCUT2D eigenvalue weighted by molar-refractivity contribution is 7.98. The lowest BCUT2D eigenvalue weighted by molar-refractivity contribution is 0.0730. The summed E-state index contributed by atoms with van der Waals surface area (Å²) in [5.74, 6) is 1.26. The predicted molar refractivity (Wildman–Crippen MR) is 121 cm³/mol. The Morgan fingerprint density at radius 2 is 1.77 bits per heavy atom. The van der Waals surface area contributed by atoms with Gasteiger partial charge >= 0.3 is 0 Å². The van der Waals surface area contributed by atoms with Crippen LogP contribution in [0.15, 0.2) is 47.4 Å². The fraction of sp³-hybridized carbons (Fsp3) is 0.350. The minimum absolute atomic E-state index is 0.179. The summed E-state index contributed by atoms with van der Waals surface area (Å²) in [6.07, 6.45) is 0. The third-order valence-corrected chi connectivity index (χ3v) is 8.19. The van der Waals surface area contributed by atoms with Gasteiger partial charge in [-0.25, -0.2) is 8.42 Å². The maximum atomic E-state index is 12.6. The molecule has 1 aliphatic rings. The number of amides is 1. The Balaban J connectivity index is 1.45. The van der Waals surface area contributed by atoms with Crippen LogP contribution in [-0.4, -0.2) is 57.2 Å². The SMILES string of the molecule is O=C(NCCSCc1ccc(Cl)c(Cl)c1)c1ccc(S(=O)(=O)N2CCOCC2)cc1. The number of halogens is 2. The Kier molecular flexibility index (Phi) is 8.44. The zero-order valence-electron chi connectivity index (χ0n) is 16.1. The molecule has 1 fully saturated rings. The van der Waals surface area contributed by atoms with Crippen LogP contribution >= 0.6 is 35.0 Å². The molecule has 0 atom stereocenters. The smallest absolute Gasteiger partial charge is 0.251 e. The zero-order valence-corrected chi connectivity index (χ0v) is 19.3. The van der Waals surface area contributed by atoms with Crippen LogP contribution in [0, 0.1) is 0 Å². The van der Waals surface area contributed by atoms with Gasteiger partial charge in [-0.2, -0.15) is 16.1 Å². The fourth-order valence-electron chi connectivity index (χ4n) is 2.87. The van der Waals surface area contributed by atoms with Gasteiger partial charge in [0.25, 0.3) is 5.91 Å². The second-order valence-electron chi connectivity index (χ2n) is 6.60. The van der Waals surface area contributed by atoms with Gasteiger partial charge in [-0.15, -0.1) is 0 Å². The number of rotatable bonds is 8. The summed E-state index contributed by atoms with van der Waals surface area (Å²) in [5, 5.41) is 3.90. The zero-order chi connectivity index (χ0) is 21.6. The predicted octanol–water partition coefficient (Wildman–Crippen LogP) is 3.68. The van der Waals surface area contributed by atoms with E-state index in [-0.39, 0.29) is 10.8 Å². The molecular formula is C20H22Cl2N2O4S2. The molecule has 0 aromatic heterocycles. The van der Waals surface area contributed by atoms with E-state index in [2.05, 4.69) is 5.32 Å². The topological polar surface area (TPSA) is 75.7 Å². The van der Waals surface area contributed by atoms with Gasteiger partial charge in [0.05, 0.1) is 28.2 Å². The normalized spacial score (nSPS) is 15.1. The first-order valence-electron chi connectivity index (χ1n) is 9.36. The van der Waals surface area contributed by atoms with Crippen molar-refractivity contribution in [1.82, 2.24) is 9.62 Å². The molecule has 1 saturated heterocycles. The molecule has 1 aliphatic heterocycles. The van der Waals surface area contributed by atoms with E-state index in [0.29, 0.717) is 48.5 Å². The molecule has 1 N–H and O–H groups in total. The molecule has 0 radical (unpaired) electrons. The van der Waals surface area contributed by atoms with Crippen LogP contribution in [0.25, 0.3) is 0 Å². The highest BCUT2D eigenvalue weighted by atomic mass is 35.5. The third kappa shape index (κ3) is 6.12. The van der Waals surface area contributed by atoms with Crippen LogP contribution in [0.4, 0.5) is 0 Å². The highest BCUT2D eigenvalue weighted by Crippen LogP contribution is 2.24. The number of benzene rings is 2. The number of thioether (sulfide) groups is 1. The van der Waals surface area contributed by atoms with E-state index in [9.17, 15) is 13.2 Å². The van der Waals surface area contributed by atoms with Crippen molar-refractivity contribution < 1.29 is 17.9 Å². The first kappa shape index (κ1) is 23.4.